The predicted molar refractivity (Wildman–Crippen MR) is 76.2 cm³/mol. The first kappa shape index (κ1) is 14.3. The van der Waals surface area contributed by atoms with Gasteiger partial charge in [0.2, 0.25) is 5.91 Å². The van der Waals surface area contributed by atoms with E-state index in [4.69, 9.17) is 15.2 Å². The zero-order valence-corrected chi connectivity index (χ0v) is 12.5. The number of halogens is 1. The van der Waals surface area contributed by atoms with Gasteiger partial charge in [0.05, 0.1) is 31.4 Å². The number of carbonyl (C=O) groups excluding carboxylic acids is 1. The fourth-order valence-corrected chi connectivity index (χ4v) is 2.33. The first-order valence-electron chi connectivity index (χ1n) is 5.95. The van der Waals surface area contributed by atoms with Crippen molar-refractivity contribution in [1.82, 2.24) is 0 Å². The molecule has 6 heteroatoms. The number of ether oxygens (including phenoxy) is 2. The van der Waals surface area contributed by atoms with Gasteiger partial charge in [-0.1, -0.05) is 15.9 Å². The number of rotatable bonds is 3. The van der Waals surface area contributed by atoms with Gasteiger partial charge in [-0.25, -0.2) is 0 Å². The Balaban J connectivity index is 2.21. The molecule has 1 heterocycles. The average Bonchev–Trinajstić information content (AvgIpc) is 2.71. The van der Waals surface area contributed by atoms with Gasteiger partial charge in [-0.05, 0) is 25.1 Å². The molecule has 0 aromatic heterocycles. The van der Waals surface area contributed by atoms with Crippen molar-refractivity contribution in [3.05, 3.63) is 22.7 Å². The molecule has 2 unspecified atom stereocenters. The largest absolute Gasteiger partial charge is 0.495 e. The number of carbonyl (C=O) groups is 1. The van der Waals surface area contributed by atoms with E-state index >= 15 is 0 Å². The van der Waals surface area contributed by atoms with Crippen molar-refractivity contribution in [2.24, 2.45) is 11.1 Å². The van der Waals surface area contributed by atoms with Crippen molar-refractivity contribution in [1.29, 1.82) is 0 Å². The summed E-state index contributed by atoms with van der Waals surface area (Å²) in [6, 6.07) is 5.13. The number of methoxy groups -OCH3 is 1. The van der Waals surface area contributed by atoms with E-state index in [1.54, 1.807) is 19.2 Å². The summed E-state index contributed by atoms with van der Waals surface area (Å²) in [6.45, 7) is 2.54. The lowest BCUT2D eigenvalue weighted by Gasteiger charge is -2.25. The smallest absolute Gasteiger partial charge is 0.234 e. The van der Waals surface area contributed by atoms with Crippen LogP contribution in [0.5, 0.6) is 5.75 Å². The van der Waals surface area contributed by atoms with Crippen LogP contribution in [0.15, 0.2) is 22.7 Å². The highest BCUT2D eigenvalue weighted by Crippen LogP contribution is 2.32. The number of amides is 1. The van der Waals surface area contributed by atoms with Crippen LogP contribution in [0.3, 0.4) is 0 Å². The van der Waals surface area contributed by atoms with E-state index in [1.807, 2.05) is 13.0 Å². The number of benzene rings is 1. The third-order valence-electron chi connectivity index (χ3n) is 3.45. The van der Waals surface area contributed by atoms with E-state index in [2.05, 4.69) is 21.2 Å². The number of nitrogens with one attached hydrogen (secondary N) is 1. The second kappa shape index (κ2) is 5.48. The Labute approximate surface area is 120 Å². The van der Waals surface area contributed by atoms with Crippen LogP contribution in [0.4, 0.5) is 5.69 Å². The van der Waals surface area contributed by atoms with Crippen molar-refractivity contribution in [2.45, 2.75) is 13.0 Å². The molecule has 19 heavy (non-hydrogen) atoms. The van der Waals surface area contributed by atoms with Crippen LogP contribution in [0, 0.1) is 5.41 Å². The minimum absolute atomic E-state index is 0.158. The summed E-state index contributed by atoms with van der Waals surface area (Å²) in [4.78, 5) is 12.4. The molecule has 0 aliphatic carbocycles. The monoisotopic (exact) mass is 328 g/mol. The number of anilines is 1. The van der Waals surface area contributed by atoms with Crippen molar-refractivity contribution in [3.8, 4) is 5.75 Å². The number of hydrogen-bond donors (Lipinski definition) is 2. The van der Waals surface area contributed by atoms with Crippen LogP contribution >= 0.6 is 15.9 Å². The van der Waals surface area contributed by atoms with Gasteiger partial charge >= 0.3 is 0 Å². The van der Waals surface area contributed by atoms with Crippen LogP contribution < -0.4 is 15.8 Å². The Morgan fingerprint density at radius 1 is 1.63 bits per heavy atom. The second-order valence-electron chi connectivity index (χ2n) is 4.84. The Bertz CT molecular complexity index is 495. The second-order valence-corrected chi connectivity index (χ2v) is 5.75. The summed E-state index contributed by atoms with van der Waals surface area (Å²) < 4.78 is 11.4. The first-order chi connectivity index (χ1) is 8.97. The van der Waals surface area contributed by atoms with E-state index in [0.717, 1.165) is 4.47 Å². The third-order valence-corrected chi connectivity index (χ3v) is 3.94. The molecule has 104 valence electrons. The lowest BCUT2D eigenvalue weighted by molar-refractivity contribution is -0.125. The van der Waals surface area contributed by atoms with Gasteiger partial charge in [-0.2, -0.15) is 0 Å². The molecule has 3 N–H and O–H groups in total. The van der Waals surface area contributed by atoms with Gasteiger partial charge in [0.1, 0.15) is 5.75 Å². The van der Waals surface area contributed by atoms with E-state index in [1.165, 1.54) is 0 Å². The van der Waals surface area contributed by atoms with Gasteiger partial charge in [0.25, 0.3) is 0 Å². The van der Waals surface area contributed by atoms with Gasteiger partial charge in [-0.3, -0.25) is 4.79 Å². The van der Waals surface area contributed by atoms with Gasteiger partial charge < -0.3 is 20.5 Å². The molecule has 0 bridgehead atoms. The molecule has 1 aliphatic heterocycles. The van der Waals surface area contributed by atoms with Crippen molar-refractivity contribution in [3.63, 3.8) is 0 Å². The van der Waals surface area contributed by atoms with Crippen molar-refractivity contribution >= 4 is 27.5 Å². The van der Waals surface area contributed by atoms with Crippen LogP contribution in [0.25, 0.3) is 0 Å². The summed E-state index contributed by atoms with van der Waals surface area (Å²) >= 11 is 3.37. The van der Waals surface area contributed by atoms with E-state index < -0.39 is 5.41 Å². The molecule has 2 atom stereocenters. The molecule has 1 aliphatic rings. The summed E-state index contributed by atoms with van der Waals surface area (Å²) in [7, 11) is 1.56. The molecule has 1 aromatic rings. The average molecular weight is 329 g/mol. The van der Waals surface area contributed by atoms with Crippen LogP contribution in [0.1, 0.15) is 6.92 Å². The quantitative estimate of drug-likeness (QED) is 0.886. The highest BCUT2D eigenvalue weighted by atomic mass is 79.9. The third kappa shape index (κ3) is 2.75. The minimum atomic E-state index is -0.715. The maximum Gasteiger partial charge on any atom is 0.234 e. The number of nitrogens with two attached hydrogens (primary N) is 1. The maximum atomic E-state index is 12.4. The molecule has 1 amide bonds. The highest BCUT2D eigenvalue weighted by molar-refractivity contribution is 9.10. The maximum absolute atomic E-state index is 12.4. The zero-order chi connectivity index (χ0) is 14.0. The van der Waals surface area contributed by atoms with Crippen molar-refractivity contribution in [2.75, 3.05) is 25.6 Å². The molecule has 5 nitrogen and oxygen atoms in total. The molecular weight excluding hydrogens is 312 g/mol. The molecule has 0 spiro atoms. The van der Waals surface area contributed by atoms with E-state index in [-0.39, 0.29) is 11.9 Å². The normalized spacial score (nSPS) is 26.2. The van der Waals surface area contributed by atoms with Crippen LogP contribution in [-0.4, -0.2) is 32.3 Å². The molecule has 0 radical (unpaired) electrons. The topological polar surface area (TPSA) is 73.6 Å². The summed E-state index contributed by atoms with van der Waals surface area (Å²) in [6.07, 6.45) is 0. The lowest BCUT2D eigenvalue weighted by Crippen LogP contribution is -2.47. The number of hydrogen-bond acceptors (Lipinski definition) is 4. The molecular formula is C13H17BrN2O3. The van der Waals surface area contributed by atoms with Crippen molar-refractivity contribution < 1.29 is 14.3 Å². The van der Waals surface area contributed by atoms with Gasteiger partial charge in [-0.15, -0.1) is 0 Å². The lowest BCUT2D eigenvalue weighted by atomic mass is 9.85. The van der Waals surface area contributed by atoms with Gasteiger partial charge in [0, 0.05) is 10.5 Å². The molecule has 2 rings (SSSR count). The minimum Gasteiger partial charge on any atom is -0.495 e. The summed E-state index contributed by atoms with van der Waals surface area (Å²) in [5, 5.41) is 2.86. The Kier molecular flexibility index (Phi) is 4.13. The summed E-state index contributed by atoms with van der Waals surface area (Å²) in [5.41, 5.74) is 5.84. The Morgan fingerprint density at radius 3 is 2.95 bits per heavy atom. The first-order valence-corrected chi connectivity index (χ1v) is 6.75. The van der Waals surface area contributed by atoms with Crippen LogP contribution in [-0.2, 0) is 9.53 Å². The fourth-order valence-electron chi connectivity index (χ4n) is 1.97. The Hall–Kier alpha value is -1.11. The zero-order valence-electron chi connectivity index (χ0n) is 10.9. The van der Waals surface area contributed by atoms with Crippen LogP contribution in [0.2, 0.25) is 0 Å². The molecule has 1 saturated heterocycles. The molecule has 0 saturated carbocycles. The molecule has 1 aromatic carbocycles. The standard InChI is InChI=1S/C13H17BrN2O3/c1-13(7-19-6-11(13)15)12(17)16-9-5-8(14)3-4-10(9)18-2/h3-5,11H,6-7,15H2,1-2H3,(H,16,17). The predicted octanol–water partition coefficient (Wildman–Crippen LogP) is 1.76. The SMILES string of the molecule is COc1ccc(Br)cc1NC(=O)C1(C)COCC1N. The Morgan fingerprint density at radius 2 is 2.37 bits per heavy atom. The fraction of sp³-hybridized carbons (Fsp3) is 0.462. The van der Waals surface area contributed by atoms with E-state index in [9.17, 15) is 4.79 Å². The highest BCUT2D eigenvalue weighted by Gasteiger charge is 2.44. The molecule has 1 fully saturated rings. The van der Waals surface area contributed by atoms with Gasteiger partial charge in [0.15, 0.2) is 0 Å². The summed E-state index contributed by atoms with van der Waals surface area (Å²) in [5.74, 6) is 0.446. The van der Waals surface area contributed by atoms with E-state index in [0.29, 0.717) is 24.7 Å².